The lowest BCUT2D eigenvalue weighted by Gasteiger charge is -1.98. The molecule has 0 aliphatic rings. The van der Waals surface area contributed by atoms with Gasteiger partial charge in [-0.25, -0.2) is 4.79 Å². The topological polar surface area (TPSA) is 30.2 Å². The normalized spacial score (nSPS) is 10.6. The molecule has 1 aromatic heterocycles. The van der Waals surface area contributed by atoms with Crippen LogP contribution in [0.25, 0.3) is 11.0 Å². The second kappa shape index (κ2) is 2.85. The smallest absolute Gasteiger partial charge is 0.374 e. The van der Waals surface area contributed by atoms with Gasteiger partial charge in [0.1, 0.15) is 5.58 Å². The molecule has 0 spiro atoms. The first-order valence-corrected chi connectivity index (χ1v) is 3.95. The summed E-state index contributed by atoms with van der Waals surface area (Å²) in [7, 11) is 0. The third kappa shape index (κ3) is 1.21. The van der Waals surface area contributed by atoms with Crippen molar-refractivity contribution in [1.82, 2.24) is 0 Å². The number of para-hydroxylation sites is 1. The first-order valence-electron chi connectivity index (χ1n) is 3.57. The average Bonchev–Trinajstić information content (AvgIpc) is 2.15. The molecule has 66 valence electrons. The van der Waals surface area contributed by atoms with E-state index in [9.17, 15) is 9.18 Å². The fraction of sp³-hybridized carbons (Fsp3) is 0. The summed E-state index contributed by atoms with van der Waals surface area (Å²) in [5.41, 5.74) is -0.748. The van der Waals surface area contributed by atoms with Crippen LogP contribution >= 0.6 is 11.6 Å². The van der Waals surface area contributed by atoms with Gasteiger partial charge in [0.2, 0.25) is 5.82 Å². The summed E-state index contributed by atoms with van der Waals surface area (Å²) in [4.78, 5) is 10.8. The predicted molar refractivity (Wildman–Crippen MR) is 47.5 cm³/mol. The maximum Gasteiger partial charge on any atom is 0.374 e. The van der Waals surface area contributed by atoms with Gasteiger partial charge in [0.05, 0.1) is 5.02 Å². The second-order valence-corrected chi connectivity index (χ2v) is 2.89. The highest BCUT2D eigenvalue weighted by Crippen LogP contribution is 2.23. The van der Waals surface area contributed by atoms with Crippen LogP contribution in [0.1, 0.15) is 0 Å². The molecule has 1 aromatic carbocycles. The van der Waals surface area contributed by atoms with E-state index in [1.165, 1.54) is 0 Å². The van der Waals surface area contributed by atoms with Crippen molar-refractivity contribution in [3.05, 3.63) is 45.5 Å². The Morgan fingerprint density at radius 2 is 2.00 bits per heavy atom. The van der Waals surface area contributed by atoms with Gasteiger partial charge in [0.25, 0.3) is 0 Å². The number of benzene rings is 1. The van der Waals surface area contributed by atoms with Crippen LogP contribution < -0.4 is 5.63 Å². The van der Waals surface area contributed by atoms with Crippen LogP contribution in [0, 0.1) is 5.82 Å². The van der Waals surface area contributed by atoms with Gasteiger partial charge < -0.3 is 4.42 Å². The van der Waals surface area contributed by atoms with E-state index in [0.717, 1.165) is 0 Å². The van der Waals surface area contributed by atoms with Crippen LogP contribution in [0.3, 0.4) is 0 Å². The number of fused-ring (bicyclic) bond motifs is 1. The second-order valence-electron chi connectivity index (χ2n) is 2.51. The lowest BCUT2D eigenvalue weighted by molar-refractivity contribution is 0.487. The standard InChI is InChI=1S/C9H4ClFO2/c10-7-5-3-1-2-4-6(5)13-9(12)8(7)11/h1-4H. The molecule has 0 amide bonds. The molecule has 1 heterocycles. The van der Waals surface area contributed by atoms with Gasteiger partial charge in [-0.15, -0.1) is 0 Å². The molecular weight excluding hydrogens is 195 g/mol. The largest absolute Gasteiger partial charge is 0.421 e. The van der Waals surface area contributed by atoms with Crippen molar-refractivity contribution >= 4 is 22.6 Å². The van der Waals surface area contributed by atoms with Gasteiger partial charge in [-0.2, -0.15) is 4.39 Å². The van der Waals surface area contributed by atoms with Gasteiger partial charge >= 0.3 is 5.63 Å². The molecule has 0 radical (unpaired) electrons. The molecule has 0 fully saturated rings. The molecule has 0 saturated carbocycles. The molecule has 0 aliphatic heterocycles. The summed E-state index contributed by atoms with van der Waals surface area (Å²) in [6, 6.07) is 6.51. The Bertz CT molecular complexity index is 518. The lowest BCUT2D eigenvalue weighted by Crippen LogP contribution is -2.04. The van der Waals surface area contributed by atoms with Crippen LogP contribution in [-0.4, -0.2) is 0 Å². The Hall–Kier alpha value is -1.35. The average molecular weight is 199 g/mol. The third-order valence-electron chi connectivity index (χ3n) is 1.70. The molecule has 0 aliphatic carbocycles. The van der Waals surface area contributed by atoms with E-state index >= 15 is 0 Å². The number of rotatable bonds is 0. The Balaban J connectivity index is 3.02. The molecule has 0 saturated heterocycles. The van der Waals surface area contributed by atoms with Crippen molar-refractivity contribution in [3.8, 4) is 0 Å². The minimum atomic E-state index is -1.04. The molecule has 2 nitrogen and oxygen atoms in total. The van der Waals surface area contributed by atoms with Crippen molar-refractivity contribution in [2.24, 2.45) is 0 Å². The lowest BCUT2D eigenvalue weighted by atomic mass is 10.2. The number of hydrogen-bond acceptors (Lipinski definition) is 2. The molecule has 0 unspecified atom stereocenters. The Morgan fingerprint density at radius 1 is 1.31 bits per heavy atom. The monoisotopic (exact) mass is 198 g/mol. The van der Waals surface area contributed by atoms with Crippen molar-refractivity contribution in [2.75, 3.05) is 0 Å². The van der Waals surface area contributed by atoms with Gasteiger partial charge in [0.15, 0.2) is 0 Å². The molecule has 2 aromatic rings. The maximum atomic E-state index is 12.9. The third-order valence-corrected chi connectivity index (χ3v) is 2.07. The predicted octanol–water partition coefficient (Wildman–Crippen LogP) is 2.59. The van der Waals surface area contributed by atoms with E-state index in [0.29, 0.717) is 11.0 Å². The Labute approximate surface area is 77.5 Å². The van der Waals surface area contributed by atoms with E-state index in [1.807, 2.05) is 0 Å². The summed E-state index contributed by atoms with van der Waals surface area (Å²) >= 11 is 5.60. The number of hydrogen-bond donors (Lipinski definition) is 0. The molecule has 2 rings (SSSR count). The maximum absolute atomic E-state index is 12.9. The zero-order valence-corrected chi connectivity index (χ0v) is 7.14. The van der Waals surface area contributed by atoms with Crippen LogP contribution in [0.15, 0.2) is 33.5 Å². The van der Waals surface area contributed by atoms with Crippen molar-refractivity contribution in [1.29, 1.82) is 0 Å². The highest BCUT2D eigenvalue weighted by atomic mass is 35.5. The molecule has 13 heavy (non-hydrogen) atoms. The van der Waals surface area contributed by atoms with E-state index in [-0.39, 0.29) is 5.02 Å². The minimum absolute atomic E-state index is 0.188. The zero-order chi connectivity index (χ0) is 9.42. The Morgan fingerprint density at radius 3 is 2.77 bits per heavy atom. The first kappa shape index (κ1) is 8.26. The van der Waals surface area contributed by atoms with Gasteiger partial charge in [0, 0.05) is 5.39 Å². The summed E-state index contributed by atoms with van der Waals surface area (Å²) in [5.74, 6) is -1.04. The highest BCUT2D eigenvalue weighted by Gasteiger charge is 2.10. The summed E-state index contributed by atoms with van der Waals surface area (Å²) in [6.07, 6.45) is 0. The van der Waals surface area contributed by atoms with Crippen molar-refractivity contribution in [2.45, 2.75) is 0 Å². The Kier molecular flexibility index (Phi) is 1.81. The molecular formula is C9H4ClFO2. The molecule has 0 bridgehead atoms. The quantitative estimate of drug-likeness (QED) is 0.609. The van der Waals surface area contributed by atoms with E-state index in [2.05, 4.69) is 4.42 Å². The van der Waals surface area contributed by atoms with Crippen molar-refractivity contribution < 1.29 is 8.81 Å². The number of halogens is 2. The SMILES string of the molecule is O=c1oc2ccccc2c(Cl)c1F. The highest BCUT2D eigenvalue weighted by molar-refractivity contribution is 6.35. The van der Waals surface area contributed by atoms with E-state index < -0.39 is 11.4 Å². The van der Waals surface area contributed by atoms with E-state index in [4.69, 9.17) is 11.6 Å². The molecule has 0 atom stereocenters. The van der Waals surface area contributed by atoms with Crippen LogP contribution in [0.5, 0.6) is 0 Å². The van der Waals surface area contributed by atoms with Crippen LogP contribution in [0.2, 0.25) is 5.02 Å². The summed E-state index contributed by atoms with van der Waals surface area (Å²) in [6.45, 7) is 0. The summed E-state index contributed by atoms with van der Waals surface area (Å²) < 4.78 is 17.6. The fourth-order valence-electron chi connectivity index (χ4n) is 1.09. The van der Waals surface area contributed by atoms with Gasteiger partial charge in [-0.3, -0.25) is 0 Å². The molecule has 0 N–H and O–H groups in total. The minimum Gasteiger partial charge on any atom is -0.421 e. The van der Waals surface area contributed by atoms with Crippen molar-refractivity contribution in [3.63, 3.8) is 0 Å². The fourth-order valence-corrected chi connectivity index (χ4v) is 1.32. The zero-order valence-electron chi connectivity index (χ0n) is 6.38. The first-order chi connectivity index (χ1) is 6.20. The van der Waals surface area contributed by atoms with Crippen LogP contribution in [-0.2, 0) is 0 Å². The molecule has 4 heteroatoms. The van der Waals surface area contributed by atoms with E-state index in [1.54, 1.807) is 24.3 Å². The van der Waals surface area contributed by atoms with Gasteiger partial charge in [-0.05, 0) is 12.1 Å². The van der Waals surface area contributed by atoms with Crippen LogP contribution in [0.4, 0.5) is 4.39 Å². The summed E-state index contributed by atoms with van der Waals surface area (Å²) in [5, 5.41) is 0.216. The van der Waals surface area contributed by atoms with Gasteiger partial charge in [-0.1, -0.05) is 23.7 Å².